The molecule has 64 valence electrons. The van der Waals surface area contributed by atoms with E-state index in [0.29, 0.717) is 0 Å². The Kier molecular flexibility index (Phi) is 3.26. The smallest absolute Gasteiger partial charge is 0.160 e. The molecule has 0 saturated heterocycles. The second kappa shape index (κ2) is 4.03. The first-order valence-electron chi connectivity index (χ1n) is 3.94. The van der Waals surface area contributed by atoms with Crippen LogP contribution in [0.1, 0.15) is 29.8 Å². The number of hydrogen-bond donors (Lipinski definition) is 0. The van der Waals surface area contributed by atoms with Gasteiger partial charge in [-0.25, -0.2) is 0 Å². The van der Waals surface area contributed by atoms with Crippen molar-refractivity contribution in [3.63, 3.8) is 0 Å². The van der Waals surface area contributed by atoms with Crippen LogP contribution in [0, 0.1) is 3.57 Å². The lowest BCUT2D eigenvalue weighted by molar-refractivity contribution is 0.101. The van der Waals surface area contributed by atoms with E-state index in [0.717, 1.165) is 21.1 Å². The van der Waals surface area contributed by atoms with Gasteiger partial charge in [-0.2, -0.15) is 0 Å². The zero-order chi connectivity index (χ0) is 9.14. The summed E-state index contributed by atoms with van der Waals surface area (Å²) in [6.07, 6.45) is 0.922. The Morgan fingerprint density at radius 2 is 2.17 bits per heavy atom. The molecule has 0 radical (unpaired) electrons. The van der Waals surface area contributed by atoms with Gasteiger partial charge in [-0.3, -0.25) is 4.79 Å². The van der Waals surface area contributed by atoms with Gasteiger partial charge in [-0.1, -0.05) is 13.0 Å². The van der Waals surface area contributed by atoms with Crippen LogP contribution < -0.4 is 0 Å². The zero-order valence-corrected chi connectivity index (χ0v) is 9.38. The highest BCUT2D eigenvalue weighted by Gasteiger charge is 2.05. The summed E-state index contributed by atoms with van der Waals surface area (Å²) >= 11 is 2.22. The molecule has 0 aliphatic carbocycles. The summed E-state index contributed by atoms with van der Waals surface area (Å²) in [4.78, 5) is 11.2. The number of benzene rings is 1. The predicted molar refractivity (Wildman–Crippen MR) is 58.5 cm³/mol. The molecule has 0 saturated carbocycles. The number of rotatable bonds is 2. The normalized spacial score (nSPS) is 9.92. The fourth-order valence-corrected chi connectivity index (χ4v) is 1.68. The Morgan fingerprint density at radius 3 is 2.67 bits per heavy atom. The molecule has 0 bridgehead atoms. The Labute approximate surface area is 86.3 Å². The number of Topliss-reactive ketones (excluding diaryl/α,β-unsaturated/α-hetero) is 1. The quantitative estimate of drug-likeness (QED) is 0.598. The molecular formula is C10H11IO. The number of halogens is 1. The monoisotopic (exact) mass is 274 g/mol. The number of aryl methyl sites for hydroxylation is 1. The third kappa shape index (κ3) is 2.06. The first-order chi connectivity index (χ1) is 5.65. The van der Waals surface area contributed by atoms with Gasteiger partial charge in [0, 0.05) is 9.13 Å². The molecule has 12 heavy (non-hydrogen) atoms. The molecule has 0 N–H and O–H groups in total. The predicted octanol–water partition coefficient (Wildman–Crippen LogP) is 3.06. The molecule has 1 aromatic rings. The molecule has 0 fully saturated rings. The van der Waals surface area contributed by atoms with E-state index >= 15 is 0 Å². The zero-order valence-electron chi connectivity index (χ0n) is 7.23. The Hall–Kier alpha value is -0.380. The number of carbonyl (C=O) groups excluding carboxylic acids is 1. The number of carbonyl (C=O) groups is 1. The fraction of sp³-hybridized carbons (Fsp3) is 0.300. The fourth-order valence-electron chi connectivity index (χ4n) is 1.18. The molecule has 1 aromatic carbocycles. The van der Waals surface area contributed by atoms with Crippen molar-refractivity contribution >= 4 is 28.4 Å². The van der Waals surface area contributed by atoms with Crippen LogP contribution in [0.4, 0.5) is 0 Å². The van der Waals surface area contributed by atoms with E-state index < -0.39 is 0 Å². The van der Waals surface area contributed by atoms with Gasteiger partial charge < -0.3 is 0 Å². The van der Waals surface area contributed by atoms with Crippen molar-refractivity contribution in [1.82, 2.24) is 0 Å². The summed E-state index contributed by atoms with van der Waals surface area (Å²) in [5.41, 5.74) is 2.01. The average Bonchev–Trinajstić information content (AvgIpc) is 2.04. The first-order valence-corrected chi connectivity index (χ1v) is 5.02. The van der Waals surface area contributed by atoms with E-state index in [9.17, 15) is 4.79 Å². The molecular weight excluding hydrogens is 263 g/mol. The van der Waals surface area contributed by atoms with Crippen molar-refractivity contribution in [3.05, 3.63) is 32.9 Å². The average molecular weight is 274 g/mol. The van der Waals surface area contributed by atoms with E-state index in [1.165, 1.54) is 0 Å². The third-order valence-corrected chi connectivity index (χ3v) is 2.50. The van der Waals surface area contributed by atoms with Crippen molar-refractivity contribution in [1.29, 1.82) is 0 Å². The maximum absolute atomic E-state index is 11.2. The highest BCUT2D eigenvalue weighted by Crippen LogP contribution is 2.14. The molecule has 2 heteroatoms. The molecule has 0 aliphatic rings. The number of ketones is 1. The van der Waals surface area contributed by atoms with Crippen LogP contribution in [0.15, 0.2) is 18.2 Å². The molecule has 1 rings (SSSR count). The molecule has 0 aliphatic heterocycles. The lowest BCUT2D eigenvalue weighted by Gasteiger charge is -2.03. The molecule has 0 amide bonds. The maximum Gasteiger partial charge on any atom is 0.160 e. The standard InChI is InChI=1S/C10H11IO/c1-3-8-4-5-9(11)6-10(8)7(2)12/h4-6H,3H2,1-2H3. The van der Waals surface area contributed by atoms with Crippen molar-refractivity contribution in [2.75, 3.05) is 0 Å². The highest BCUT2D eigenvalue weighted by atomic mass is 127. The second-order valence-corrected chi connectivity index (χ2v) is 3.96. The van der Waals surface area contributed by atoms with Gasteiger partial charge in [-0.05, 0) is 53.6 Å². The summed E-state index contributed by atoms with van der Waals surface area (Å²) in [7, 11) is 0. The SMILES string of the molecule is CCc1ccc(I)cc1C(C)=O. The molecule has 0 spiro atoms. The van der Waals surface area contributed by atoms with Gasteiger partial charge in [0.1, 0.15) is 0 Å². The van der Waals surface area contributed by atoms with Crippen molar-refractivity contribution in [2.24, 2.45) is 0 Å². The topological polar surface area (TPSA) is 17.1 Å². The molecule has 0 heterocycles. The summed E-state index contributed by atoms with van der Waals surface area (Å²) in [6, 6.07) is 6.01. The third-order valence-electron chi connectivity index (χ3n) is 1.83. The summed E-state index contributed by atoms with van der Waals surface area (Å²) in [5, 5.41) is 0. The Bertz CT molecular complexity index is 305. The van der Waals surface area contributed by atoms with Crippen molar-refractivity contribution in [3.8, 4) is 0 Å². The van der Waals surface area contributed by atoms with Gasteiger partial charge in [-0.15, -0.1) is 0 Å². The molecule has 1 nitrogen and oxygen atoms in total. The summed E-state index contributed by atoms with van der Waals surface area (Å²) < 4.78 is 1.12. The van der Waals surface area contributed by atoms with Crippen LogP contribution in [0.3, 0.4) is 0 Å². The van der Waals surface area contributed by atoms with Crippen LogP contribution in [-0.4, -0.2) is 5.78 Å². The molecule has 0 atom stereocenters. The first kappa shape index (κ1) is 9.71. The Balaban J connectivity index is 3.21. The van der Waals surface area contributed by atoms with Gasteiger partial charge in [0.05, 0.1) is 0 Å². The van der Waals surface area contributed by atoms with E-state index in [1.807, 2.05) is 18.2 Å². The second-order valence-electron chi connectivity index (χ2n) is 2.71. The minimum absolute atomic E-state index is 0.158. The van der Waals surface area contributed by atoms with Crippen LogP contribution >= 0.6 is 22.6 Å². The van der Waals surface area contributed by atoms with Crippen molar-refractivity contribution in [2.45, 2.75) is 20.3 Å². The van der Waals surface area contributed by atoms with E-state index in [4.69, 9.17) is 0 Å². The van der Waals surface area contributed by atoms with E-state index in [-0.39, 0.29) is 5.78 Å². The van der Waals surface area contributed by atoms with Gasteiger partial charge in [0.15, 0.2) is 5.78 Å². The lowest BCUT2D eigenvalue weighted by Crippen LogP contribution is -1.98. The van der Waals surface area contributed by atoms with E-state index in [1.54, 1.807) is 6.92 Å². The Morgan fingerprint density at radius 1 is 1.50 bits per heavy atom. The maximum atomic E-state index is 11.2. The molecule has 0 aromatic heterocycles. The van der Waals surface area contributed by atoms with Crippen molar-refractivity contribution < 1.29 is 4.79 Å². The van der Waals surface area contributed by atoms with Crippen LogP contribution in [-0.2, 0) is 6.42 Å². The minimum atomic E-state index is 0.158. The van der Waals surface area contributed by atoms with Crippen LogP contribution in [0.25, 0.3) is 0 Å². The largest absolute Gasteiger partial charge is 0.295 e. The summed E-state index contributed by atoms with van der Waals surface area (Å²) in [6.45, 7) is 3.68. The summed E-state index contributed by atoms with van der Waals surface area (Å²) in [5.74, 6) is 0.158. The van der Waals surface area contributed by atoms with Gasteiger partial charge in [0.2, 0.25) is 0 Å². The molecule has 0 unspecified atom stereocenters. The number of hydrogen-bond acceptors (Lipinski definition) is 1. The van der Waals surface area contributed by atoms with Gasteiger partial charge in [0.25, 0.3) is 0 Å². The lowest BCUT2D eigenvalue weighted by atomic mass is 10.0. The van der Waals surface area contributed by atoms with E-state index in [2.05, 4.69) is 29.5 Å². The van der Waals surface area contributed by atoms with Crippen LogP contribution in [0.5, 0.6) is 0 Å². The minimum Gasteiger partial charge on any atom is -0.295 e. The van der Waals surface area contributed by atoms with Crippen LogP contribution in [0.2, 0.25) is 0 Å². The van der Waals surface area contributed by atoms with Gasteiger partial charge >= 0.3 is 0 Å². The highest BCUT2D eigenvalue weighted by molar-refractivity contribution is 14.1.